The van der Waals surface area contributed by atoms with Gasteiger partial charge in [0.15, 0.2) is 0 Å². The smallest absolute Gasteiger partial charge is 0.405 e. The van der Waals surface area contributed by atoms with Crippen LogP contribution in [-0.4, -0.2) is 43.4 Å². The fraction of sp³-hybridized carbons (Fsp3) is 0.350. The third kappa shape index (κ3) is 6.43. The van der Waals surface area contributed by atoms with Crippen LogP contribution in [0.15, 0.2) is 48.5 Å². The number of nitrogens with one attached hydrogen (secondary N) is 1. The molecule has 0 aliphatic carbocycles. The van der Waals surface area contributed by atoms with Gasteiger partial charge in [0.25, 0.3) is 0 Å². The molecule has 3 rings (SSSR count). The first-order valence-corrected chi connectivity index (χ1v) is 9.00. The van der Waals surface area contributed by atoms with Crippen molar-refractivity contribution < 1.29 is 31.8 Å². The highest BCUT2D eigenvalue weighted by atomic mass is 19.4. The average Bonchev–Trinajstić information content (AvgIpc) is 2.66. The summed E-state index contributed by atoms with van der Waals surface area (Å²) in [5, 5.41) is 2.61. The summed E-state index contributed by atoms with van der Waals surface area (Å²) in [6.07, 6.45) is -5.16. The van der Waals surface area contributed by atoms with Crippen molar-refractivity contribution in [3.8, 4) is 5.75 Å². The lowest BCUT2D eigenvalue weighted by Crippen LogP contribution is -2.44. The second kappa shape index (κ2) is 9.23. The number of carbonyl (C=O) groups is 1. The van der Waals surface area contributed by atoms with E-state index in [0.29, 0.717) is 25.3 Å². The Bertz CT molecular complexity index is 844. The van der Waals surface area contributed by atoms with Gasteiger partial charge in [-0.25, -0.2) is 4.39 Å². The molecule has 0 saturated carbocycles. The third-order valence-corrected chi connectivity index (χ3v) is 4.41. The van der Waals surface area contributed by atoms with Gasteiger partial charge in [-0.1, -0.05) is 30.3 Å². The van der Waals surface area contributed by atoms with Crippen LogP contribution in [0.1, 0.15) is 17.2 Å². The molecular formula is C20H20F4N2O3. The zero-order valence-corrected chi connectivity index (χ0v) is 15.4. The summed E-state index contributed by atoms with van der Waals surface area (Å²) in [4.78, 5) is 14.1. The van der Waals surface area contributed by atoms with Gasteiger partial charge in [-0.15, -0.1) is 13.2 Å². The fourth-order valence-electron chi connectivity index (χ4n) is 3.08. The van der Waals surface area contributed by atoms with Gasteiger partial charge in [0, 0.05) is 25.2 Å². The van der Waals surface area contributed by atoms with Crippen LogP contribution in [-0.2, 0) is 16.1 Å². The van der Waals surface area contributed by atoms with E-state index in [1.165, 1.54) is 30.3 Å². The maximum atomic E-state index is 13.4. The van der Waals surface area contributed by atoms with Crippen LogP contribution in [0.2, 0.25) is 0 Å². The molecule has 0 bridgehead atoms. The summed E-state index contributed by atoms with van der Waals surface area (Å²) < 4.78 is 60.5. The number of halogens is 4. The van der Waals surface area contributed by atoms with Crippen LogP contribution >= 0.6 is 0 Å². The van der Waals surface area contributed by atoms with Crippen LogP contribution < -0.4 is 10.1 Å². The summed E-state index contributed by atoms with van der Waals surface area (Å²) in [6, 6.07) is 11.7. The van der Waals surface area contributed by atoms with Crippen LogP contribution in [0.5, 0.6) is 5.75 Å². The van der Waals surface area contributed by atoms with Crippen molar-refractivity contribution in [2.45, 2.75) is 19.0 Å². The van der Waals surface area contributed by atoms with E-state index in [4.69, 9.17) is 4.74 Å². The van der Waals surface area contributed by atoms with Gasteiger partial charge in [-0.3, -0.25) is 9.69 Å². The number of hydrogen-bond donors (Lipinski definition) is 1. The number of hydrogen-bond acceptors (Lipinski definition) is 4. The van der Waals surface area contributed by atoms with Crippen molar-refractivity contribution in [2.75, 3.05) is 26.2 Å². The Labute approximate surface area is 165 Å². The second-order valence-corrected chi connectivity index (χ2v) is 6.58. The Morgan fingerprint density at radius 3 is 2.76 bits per heavy atom. The lowest BCUT2D eigenvalue weighted by Gasteiger charge is -2.32. The molecule has 29 heavy (non-hydrogen) atoms. The van der Waals surface area contributed by atoms with Crippen LogP contribution in [0.25, 0.3) is 0 Å². The minimum absolute atomic E-state index is 0.0530. The van der Waals surface area contributed by atoms with Crippen molar-refractivity contribution in [2.24, 2.45) is 0 Å². The molecule has 1 N–H and O–H groups in total. The zero-order valence-electron chi connectivity index (χ0n) is 15.4. The minimum Gasteiger partial charge on any atom is -0.405 e. The number of benzene rings is 2. The Morgan fingerprint density at radius 2 is 2.00 bits per heavy atom. The number of carbonyl (C=O) groups excluding carboxylic acids is 1. The van der Waals surface area contributed by atoms with E-state index in [1.54, 1.807) is 18.2 Å². The van der Waals surface area contributed by atoms with E-state index in [2.05, 4.69) is 10.1 Å². The number of morpholine rings is 1. The molecule has 1 amide bonds. The van der Waals surface area contributed by atoms with E-state index in [9.17, 15) is 22.4 Å². The number of alkyl halides is 3. The molecule has 5 nitrogen and oxygen atoms in total. The molecule has 9 heteroatoms. The molecule has 1 saturated heterocycles. The van der Waals surface area contributed by atoms with E-state index in [-0.39, 0.29) is 42.2 Å². The zero-order chi connectivity index (χ0) is 20.9. The largest absolute Gasteiger partial charge is 0.573 e. The molecule has 1 fully saturated rings. The van der Waals surface area contributed by atoms with Crippen molar-refractivity contribution >= 4 is 5.91 Å². The number of nitrogens with zero attached hydrogens (tertiary/aromatic N) is 1. The van der Waals surface area contributed by atoms with Gasteiger partial charge in [0.1, 0.15) is 11.6 Å². The monoisotopic (exact) mass is 412 g/mol. The van der Waals surface area contributed by atoms with Gasteiger partial charge < -0.3 is 14.8 Å². The molecule has 1 aliphatic heterocycles. The summed E-state index contributed by atoms with van der Waals surface area (Å²) in [7, 11) is 0. The van der Waals surface area contributed by atoms with E-state index < -0.39 is 6.36 Å². The quantitative estimate of drug-likeness (QED) is 0.739. The molecule has 156 valence electrons. The summed E-state index contributed by atoms with van der Waals surface area (Å²) in [5.41, 5.74) is 0.908. The van der Waals surface area contributed by atoms with Crippen LogP contribution in [0, 0.1) is 5.82 Å². The predicted octanol–water partition coefficient (Wildman–Crippen LogP) is 3.41. The molecule has 1 aliphatic rings. The highest BCUT2D eigenvalue weighted by Crippen LogP contribution is 2.26. The standard InChI is InChI=1S/C20H20F4N2O3/c21-16-6-3-5-14(10-16)18-12-26(8-9-28-18)13-19(27)25-11-15-4-1-2-7-17(15)29-20(22,23)24/h1-7,10,18H,8-9,11-13H2,(H,25,27). The van der Waals surface area contributed by atoms with E-state index in [1.807, 2.05) is 4.90 Å². The maximum absolute atomic E-state index is 13.4. The molecule has 1 atom stereocenters. The topological polar surface area (TPSA) is 50.8 Å². The molecule has 1 heterocycles. The number of amides is 1. The first-order valence-electron chi connectivity index (χ1n) is 9.00. The van der Waals surface area contributed by atoms with Crippen molar-refractivity contribution in [3.63, 3.8) is 0 Å². The van der Waals surface area contributed by atoms with Gasteiger partial charge in [-0.2, -0.15) is 0 Å². The SMILES string of the molecule is O=C(CN1CCOC(c2cccc(F)c2)C1)NCc1ccccc1OC(F)(F)F. The molecule has 1 unspecified atom stereocenters. The lowest BCUT2D eigenvalue weighted by atomic mass is 10.1. The fourth-order valence-corrected chi connectivity index (χ4v) is 3.08. The minimum atomic E-state index is -4.81. The Balaban J connectivity index is 1.53. The normalized spacial score (nSPS) is 17.7. The third-order valence-electron chi connectivity index (χ3n) is 4.41. The van der Waals surface area contributed by atoms with Gasteiger partial charge >= 0.3 is 6.36 Å². The average molecular weight is 412 g/mol. The second-order valence-electron chi connectivity index (χ2n) is 6.58. The van der Waals surface area contributed by atoms with Gasteiger partial charge in [0.05, 0.1) is 19.3 Å². The Hall–Kier alpha value is -2.65. The highest BCUT2D eigenvalue weighted by Gasteiger charge is 2.32. The Morgan fingerprint density at radius 1 is 1.21 bits per heavy atom. The van der Waals surface area contributed by atoms with E-state index in [0.717, 1.165) is 0 Å². The lowest BCUT2D eigenvalue weighted by molar-refractivity contribution is -0.274. The molecule has 2 aromatic rings. The maximum Gasteiger partial charge on any atom is 0.573 e. The molecule has 0 aromatic heterocycles. The molecule has 0 radical (unpaired) electrons. The number of rotatable bonds is 6. The van der Waals surface area contributed by atoms with Crippen molar-refractivity contribution in [3.05, 3.63) is 65.5 Å². The summed E-state index contributed by atoms with van der Waals surface area (Å²) >= 11 is 0. The van der Waals surface area contributed by atoms with E-state index >= 15 is 0 Å². The van der Waals surface area contributed by atoms with Gasteiger partial charge in [-0.05, 0) is 23.8 Å². The van der Waals surface area contributed by atoms with Crippen LogP contribution in [0.3, 0.4) is 0 Å². The molecular weight excluding hydrogens is 392 g/mol. The number of ether oxygens (including phenoxy) is 2. The first kappa shape index (κ1) is 21.1. The van der Waals surface area contributed by atoms with Crippen LogP contribution in [0.4, 0.5) is 17.6 Å². The van der Waals surface area contributed by atoms with Crippen molar-refractivity contribution in [1.82, 2.24) is 10.2 Å². The summed E-state index contributed by atoms with van der Waals surface area (Å²) in [6.45, 7) is 1.27. The molecule has 0 spiro atoms. The first-order chi connectivity index (χ1) is 13.8. The van der Waals surface area contributed by atoms with Gasteiger partial charge in [0.2, 0.25) is 5.91 Å². The Kier molecular flexibility index (Phi) is 6.71. The van der Waals surface area contributed by atoms with Crippen molar-refractivity contribution in [1.29, 1.82) is 0 Å². The highest BCUT2D eigenvalue weighted by molar-refractivity contribution is 5.78. The summed E-state index contributed by atoms with van der Waals surface area (Å²) in [5.74, 6) is -1.05. The predicted molar refractivity (Wildman–Crippen MR) is 96.5 cm³/mol. The molecule has 2 aromatic carbocycles. The number of para-hydroxylation sites is 1.